The third-order valence-corrected chi connectivity index (χ3v) is 5.57. The van der Waals surface area contributed by atoms with Crippen LogP contribution in [0.4, 0.5) is 5.95 Å². The van der Waals surface area contributed by atoms with Crippen LogP contribution < -0.4 is 10.2 Å². The van der Waals surface area contributed by atoms with Crippen LogP contribution in [-0.4, -0.2) is 29.0 Å². The van der Waals surface area contributed by atoms with Gasteiger partial charge in [0.25, 0.3) is 0 Å². The van der Waals surface area contributed by atoms with Crippen LogP contribution in [0.5, 0.6) is 0 Å². The van der Waals surface area contributed by atoms with E-state index in [2.05, 4.69) is 36.0 Å². The van der Waals surface area contributed by atoms with Crippen LogP contribution >= 0.6 is 0 Å². The fraction of sp³-hybridized carbons (Fsp3) is 0.750. The lowest BCUT2D eigenvalue weighted by Crippen LogP contribution is -2.39. The van der Waals surface area contributed by atoms with E-state index in [1.807, 2.05) is 20.0 Å². The minimum absolute atomic E-state index is 0.0102. The second-order valence-electron chi connectivity index (χ2n) is 9.00. The first-order valence-electron chi connectivity index (χ1n) is 9.66. The number of aromatic nitrogens is 2. The molecule has 1 fully saturated rings. The number of carbonyl (C=O) groups excluding carboxylic acids is 1. The number of fused-ring (bicyclic) bond motifs is 1. The second kappa shape index (κ2) is 6.93. The Kier molecular flexibility index (Phi) is 5.03. The normalized spacial score (nSPS) is 23.4. The molecule has 1 N–H and O–H groups in total. The first kappa shape index (κ1) is 18.2. The number of nitrogens with one attached hydrogen (secondary N) is 1. The van der Waals surface area contributed by atoms with Gasteiger partial charge in [0.1, 0.15) is 0 Å². The van der Waals surface area contributed by atoms with Crippen molar-refractivity contribution < 1.29 is 4.79 Å². The van der Waals surface area contributed by atoms with E-state index in [9.17, 15) is 4.79 Å². The molecule has 138 valence electrons. The molecule has 0 aromatic carbocycles. The zero-order chi connectivity index (χ0) is 18.2. The van der Waals surface area contributed by atoms with E-state index in [0.717, 1.165) is 49.1 Å². The zero-order valence-electron chi connectivity index (χ0n) is 16.3. The minimum Gasteiger partial charge on any atom is -0.349 e. The fourth-order valence-corrected chi connectivity index (χ4v) is 3.86. The van der Waals surface area contributed by atoms with Crippen LogP contribution in [0.3, 0.4) is 0 Å². The molecule has 0 radical (unpaired) electrons. The van der Waals surface area contributed by atoms with Gasteiger partial charge < -0.3 is 10.2 Å². The van der Waals surface area contributed by atoms with E-state index in [-0.39, 0.29) is 23.3 Å². The molecule has 1 aliphatic heterocycles. The Bertz CT molecular complexity index is 633. The van der Waals surface area contributed by atoms with E-state index < -0.39 is 0 Å². The van der Waals surface area contributed by atoms with Gasteiger partial charge in [-0.1, -0.05) is 34.6 Å². The molecule has 2 aliphatic rings. The number of rotatable bonds is 3. The minimum atomic E-state index is -0.0102. The van der Waals surface area contributed by atoms with Gasteiger partial charge in [0.05, 0.1) is 11.7 Å². The first-order chi connectivity index (χ1) is 11.7. The van der Waals surface area contributed by atoms with Crippen LogP contribution in [-0.2, 0) is 11.2 Å². The van der Waals surface area contributed by atoms with E-state index in [1.54, 1.807) is 0 Å². The summed E-state index contributed by atoms with van der Waals surface area (Å²) in [5.41, 5.74) is 2.33. The summed E-state index contributed by atoms with van der Waals surface area (Å²) in [5.74, 6) is 1.74. The Morgan fingerprint density at radius 2 is 2.00 bits per heavy atom. The van der Waals surface area contributed by atoms with Crippen molar-refractivity contribution in [2.45, 2.75) is 66.3 Å². The molecule has 0 saturated carbocycles. The van der Waals surface area contributed by atoms with Gasteiger partial charge >= 0.3 is 0 Å². The summed E-state index contributed by atoms with van der Waals surface area (Å²) in [6.45, 7) is 12.8. The molecule has 25 heavy (non-hydrogen) atoms. The summed E-state index contributed by atoms with van der Waals surface area (Å²) < 4.78 is 0. The van der Waals surface area contributed by atoms with Gasteiger partial charge in [-0.25, -0.2) is 9.97 Å². The van der Waals surface area contributed by atoms with Gasteiger partial charge in [-0.05, 0) is 37.0 Å². The monoisotopic (exact) mass is 344 g/mol. The number of hydrogen-bond acceptors (Lipinski definition) is 4. The lowest BCUT2D eigenvalue weighted by atomic mass is 9.74. The van der Waals surface area contributed by atoms with Gasteiger partial charge in [0.2, 0.25) is 11.9 Å². The van der Waals surface area contributed by atoms with E-state index in [0.29, 0.717) is 0 Å². The number of carbonyl (C=O) groups is 1. The van der Waals surface area contributed by atoms with Gasteiger partial charge in [-0.2, -0.15) is 0 Å². The first-order valence-corrected chi connectivity index (χ1v) is 9.66. The van der Waals surface area contributed by atoms with Crippen molar-refractivity contribution >= 4 is 11.9 Å². The number of amides is 1. The van der Waals surface area contributed by atoms with Crippen LogP contribution in [0, 0.1) is 17.3 Å². The number of hydrogen-bond donors (Lipinski definition) is 1. The van der Waals surface area contributed by atoms with Crippen molar-refractivity contribution in [1.82, 2.24) is 15.3 Å². The molecule has 2 heterocycles. The molecule has 0 unspecified atom stereocenters. The molecule has 1 aliphatic carbocycles. The van der Waals surface area contributed by atoms with Gasteiger partial charge in [0, 0.05) is 30.8 Å². The molecule has 0 spiro atoms. The molecule has 1 saturated heterocycles. The standard InChI is InChI=1S/C20H32N4O/c1-13(2)18(25)22-16-10-20(4,5)11-17-15(16)12-21-19(23-17)24-8-6-14(3)7-9-24/h12-14,16H,6-11H2,1-5H3,(H,22,25)/t16-/m0/s1. The highest BCUT2D eigenvalue weighted by Gasteiger charge is 2.35. The summed E-state index contributed by atoms with van der Waals surface area (Å²) in [7, 11) is 0. The highest BCUT2D eigenvalue weighted by molar-refractivity contribution is 5.78. The molecular formula is C20H32N4O. The third-order valence-electron chi connectivity index (χ3n) is 5.57. The highest BCUT2D eigenvalue weighted by Crippen LogP contribution is 2.40. The predicted molar refractivity (Wildman–Crippen MR) is 100 cm³/mol. The molecule has 5 heteroatoms. The largest absolute Gasteiger partial charge is 0.349 e. The van der Waals surface area contributed by atoms with Crippen LogP contribution in [0.15, 0.2) is 6.20 Å². The maximum atomic E-state index is 12.2. The van der Waals surface area contributed by atoms with Crippen molar-refractivity contribution in [3.8, 4) is 0 Å². The summed E-state index contributed by atoms with van der Waals surface area (Å²) in [6.07, 6.45) is 6.24. The Hall–Kier alpha value is -1.65. The molecule has 1 atom stereocenters. The molecule has 1 amide bonds. The molecular weight excluding hydrogens is 312 g/mol. The topological polar surface area (TPSA) is 58.1 Å². The fourth-order valence-electron chi connectivity index (χ4n) is 3.86. The zero-order valence-corrected chi connectivity index (χ0v) is 16.3. The summed E-state index contributed by atoms with van der Waals surface area (Å²) in [5, 5.41) is 3.20. The summed E-state index contributed by atoms with van der Waals surface area (Å²) >= 11 is 0. The summed E-state index contributed by atoms with van der Waals surface area (Å²) in [4.78, 5) is 24.1. The van der Waals surface area contributed by atoms with E-state index in [1.165, 1.54) is 12.8 Å². The molecule has 3 rings (SSSR count). The molecule has 5 nitrogen and oxygen atoms in total. The third kappa shape index (κ3) is 4.13. The average molecular weight is 345 g/mol. The van der Waals surface area contributed by atoms with Gasteiger partial charge in [-0.15, -0.1) is 0 Å². The Morgan fingerprint density at radius 1 is 1.32 bits per heavy atom. The maximum Gasteiger partial charge on any atom is 0.225 e. The Balaban J connectivity index is 1.85. The van der Waals surface area contributed by atoms with Crippen molar-refractivity contribution in [1.29, 1.82) is 0 Å². The Labute approximate surface area is 151 Å². The van der Waals surface area contributed by atoms with E-state index >= 15 is 0 Å². The highest BCUT2D eigenvalue weighted by atomic mass is 16.1. The maximum absolute atomic E-state index is 12.2. The number of nitrogens with zero attached hydrogens (tertiary/aromatic N) is 3. The molecule has 1 aromatic heterocycles. The van der Waals surface area contributed by atoms with Crippen molar-refractivity contribution in [2.24, 2.45) is 17.3 Å². The van der Waals surface area contributed by atoms with Crippen LogP contribution in [0.1, 0.15) is 71.2 Å². The second-order valence-corrected chi connectivity index (χ2v) is 9.00. The Morgan fingerprint density at radius 3 is 2.64 bits per heavy atom. The van der Waals surface area contributed by atoms with E-state index in [4.69, 9.17) is 4.98 Å². The number of anilines is 1. The summed E-state index contributed by atoms with van der Waals surface area (Å²) in [6, 6.07) is 0.0177. The van der Waals surface area contributed by atoms with Crippen LogP contribution in [0.2, 0.25) is 0 Å². The van der Waals surface area contributed by atoms with Crippen LogP contribution in [0.25, 0.3) is 0 Å². The quantitative estimate of drug-likeness (QED) is 0.912. The van der Waals surface area contributed by atoms with Crippen molar-refractivity contribution in [3.05, 3.63) is 17.5 Å². The van der Waals surface area contributed by atoms with Crippen molar-refractivity contribution in [2.75, 3.05) is 18.0 Å². The number of piperidine rings is 1. The lowest BCUT2D eigenvalue weighted by molar-refractivity contribution is -0.125. The lowest BCUT2D eigenvalue weighted by Gasteiger charge is -2.37. The SMILES string of the molecule is CC1CCN(c2ncc3c(n2)CC(C)(C)C[C@@H]3NC(=O)C(C)C)CC1. The van der Waals surface area contributed by atoms with Gasteiger partial charge in [0.15, 0.2) is 0 Å². The smallest absolute Gasteiger partial charge is 0.225 e. The predicted octanol–water partition coefficient (Wildman–Crippen LogP) is 3.50. The van der Waals surface area contributed by atoms with Gasteiger partial charge in [-0.3, -0.25) is 4.79 Å². The van der Waals surface area contributed by atoms with Crippen molar-refractivity contribution in [3.63, 3.8) is 0 Å². The molecule has 0 bridgehead atoms. The molecule has 1 aromatic rings. The average Bonchev–Trinajstić information content (AvgIpc) is 2.53.